The number of aliphatic hydroxyl groups is 2. The molecule has 0 amide bonds. The SMILES string of the molecule is COCC(C)(C)c1ccc2c(c1)NC(CC[C@H]1C[C@H](N(C[C@H]3O[C@@H](N4CNC5C(N)=NCNC54)[C@H](O)[C@@H]3O)C(C)C)C1)N2. The highest BCUT2D eigenvalue weighted by Crippen LogP contribution is 2.40. The minimum Gasteiger partial charge on any atom is -0.387 e. The van der Waals surface area contributed by atoms with Crippen molar-refractivity contribution in [1.82, 2.24) is 20.4 Å². The van der Waals surface area contributed by atoms with Crippen LogP contribution in [0.3, 0.4) is 0 Å². The normalized spacial score (nSPS) is 35.8. The second-order valence-corrected chi connectivity index (χ2v) is 14.1. The molecule has 0 spiro atoms. The molecule has 12 nitrogen and oxygen atoms in total. The molecule has 8 N–H and O–H groups in total. The number of fused-ring (bicyclic) bond motifs is 2. The lowest BCUT2D eigenvalue weighted by molar-refractivity contribution is -0.109. The van der Waals surface area contributed by atoms with E-state index in [9.17, 15) is 10.2 Å². The van der Waals surface area contributed by atoms with Crippen LogP contribution < -0.4 is 27.0 Å². The molecule has 4 aliphatic heterocycles. The Bertz CT molecular complexity index is 1160. The number of aliphatic hydroxyl groups excluding tert-OH is 2. The van der Waals surface area contributed by atoms with Crippen LogP contribution in [0.4, 0.5) is 11.4 Å². The summed E-state index contributed by atoms with van der Waals surface area (Å²) in [4.78, 5) is 8.74. The minimum atomic E-state index is -0.992. The van der Waals surface area contributed by atoms with E-state index in [2.05, 4.69) is 77.1 Å². The van der Waals surface area contributed by atoms with E-state index in [1.807, 2.05) is 4.90 Å². The number of aliphatic imine (C=N–C) groups is 1. The summed E-state index contributed by atoms with van der Waals surface area (Å²) < 4.78 is 11.8. The molecule has 4 heterocycles. The lowest BCUT2D eigenvalue weighted by atomic mass is 9.76. The molecular formula is C31H52N8O4. The zero-order valence-electron chi connectivity index (χ0n) is 26.3. The molecule has 7 atom stereocenters. The Labute approximate surface area is 255 Å². The van der Waals surface area contributed by atoms with E-state index >= 15 is 0 Å². The number of nitrogens with one attached hydrogen (secondary N) is 4. The van der Waals surface area contributed by atoms with Crippen LogP contribution in [0.2, 0.25) is 0 Å². The van der Waals surface area contributed by atoms with Gasteiger partial charge in [-0.05, 0) is 63.1 Å². The third-order valence-electron chi connectivity index (χ3n) is 10.3. The summed E-state index contributed by atoms with van der Waals surface area (Å²) in [7, 11) is 1.76. The monoisotopic (exact) mass is 600 g/mol. The summed E-state index contributed by atoms with van der Waals surface area (Å²) in [5.41, 5.74) is 9.69. The number of rotatable bonds is 11. The first kappa shape index (κ1) is 31.0. The van der Waals surface area contributed by atoms with Crippen molar-refractivity contribution in [1.29, 1.82) is 0 Å². The lowest BCUT2D eigenvalue weighted by Gasteiger charge is -2.46. The van der Waals surface area contributed by atoms with Crippen molar-refractivity contribution < 1.29 is 19.7 Å². The summed E-state index contributed by atoms with van der Waals surface area (Å²) in [6.45, 7) is 11.1. The van der Waals surface area contributed by atoms with E-state index in [-0.39, 0.29) is 23.8 Å². The number of hydrogen-bond donors (Lipinski definition) is 7. The molecule has 0 aromatic heterocycles. The predicted molar refractivity (Wildman–Crippen MR) is 168 cm³/mol. The third-order valence-corrected chi connectivity index (χ3v) is 10.3. The van der Waals surface area contributed by atoms with Crippen LogP contribution >= 0.6 is 0 Å². The van der Waals surface area contributed by atoms with Crippen molar-refractivity contribution in [3.63, 3.8) is 0 Å². The minimum absolute atomic E-state index is 0.0315. The maximum absolute atomic E-state index is 11.0. The van der Waals surface area contributed by atoms with Gasteiger partial charge in [0.1, 0.15) is 30.4 Å². The first-order valence-electron chi connectivity index (χ1n) is 16.0. The van der Waals surface area contributed by atoms with Crippen molar-refractivity contribution in [2.45, 2.75) is 114 Å². The Kier molecular flexibility index (Phi) is 8.93. The maximum atomic E-state index is 11.0. The first-order valence-corrected chi connectivity index (χ1v) is 16.0. The topological polar surface area (TPSA) is 152 Å². The van der Waals surface area contributed by atoms with Crippen LogP contribution in [-0.4, -0.2) is 114 Å². The third kappa shape index (κ3) is 6.13. The highest BCUT2D eigenvalue weighted by molar-refractivity contribution is 5.87. The van der Waals surface area contributed by atoms with Crippen molar-refractivity contribution in [3.05, 3.63) is 23.8 Å². The van der Waals surface area contributed by atoms with Gasteiger partial charge in [-0.2, -0.15) is 0 Å². The molecule has 0 bridgehead atoms. The highest BCUT2D eigenvalue weighted by atomic mass is 16.6. The molecule has 12 heteroatoms. The molecule has 43 heavy (non-hydrogen) atoms. The number of benzene rings is 1. The highest BCUT2D eigenvalue weighted by Gasteiger charge is 2.52. The summed E-state index contributed by atoms with van der Waals surface area (Å²) in [5, 5.41) is 36.1. The van der Waals surface area contributed by atoms with Crippen LogP contribution in [0.1, 0.15) is 58.9 Å². The van der Waals surface area contributed by atoms with Crippen LogP contribution in [0.5, 0.6) is 0 Å². The van der Waals surface area contributed by atoms with E-state index in [0.717, 1.165) is 25.7 Å². The molecule has 240 valence electrons. The molecule has 1 aliphatic carbocycles. The van der Waals surface area contributed by atoms with Gasteiger partial charge in [-0.3, -0.25) is 20.5 Å². The van der Waals surface area contributed by atoms with E-state index in [1.165, 1.54) is 16.9 Å². The smallest absolute Gasteiger partial charge is 0.142 e. The zero-order valence-corrected chi connectivity index (χ0v) is 26.3. The maximum Gasteiger partial charge on any atom is 0.142 e. The van der Waals surface area contributed by atoms with Crippen LogP contribution in [0, 0.1) is 5.92 Å². The average molecular weight is 601 g/mol. The van der Waals surface area contributed by atoms with Gasteiger partial charge in [0.2, 0.25) is 0 Å². The number of hydrogen-bond acceptors (Lipinski definition) is 12. The Morgan fingerprint density at radius 2 is 1.91 bits per heavy atom. The Hall–Kier alpha value is -2.03. The number of ether oxygens (including phenoxy) is 2. The standard InChI is InChI=1S/C31H52N8O4/c1-17(2)38(13-23-26(40)27(41)30(43-23)39-16-35-25-28(32)33-15-34-29(25)39)20-10-18(11-20)6-9-24-36-21-8-7-19(12-22(21)37-24)31(3,4)14-42-5/h7-8,12,17-18,20,23-27,29-30,34-37,40-41H,6,9-11,13-16H2,1-5H3,(H2,32,33)/t18-,20-,23-,24?,25?,26-,27-,29?,30-/m1/s1. The molecule has 2 saturated heterocycles. The largest absolute Gasteiger partial charge is 0.387 e. The van der Waals surface area contributed by atoms with Gasteiger partial charge in [0.25, 0.3) is 0 Å². The summed E-state index contributed by atoms with van der Waals surface area (Å²) in [5.74, 6) is 1.24. The van der Waals surface area contributed by atoms with Gasteiger partial charge in [-0.25, -0.2) is 4.90 Å². The van der Waals surface area contributed by atoms with Crippen molar-refractivity contribution >= 4 is 17.2 Å². The van der Waals surface area contributed by atoms with Crippen LogP contribution in [-0.2, 0) is 14.9 Å². The molecule has 1 saturated carbocycles. The molecule has 1 aromatic rings. The zero-order chi connectivity index (χ0) is 30.5. The Morgan fingerprint density at radius 1 is 1.14 bits per heavy atom. The van der Waals surface area contributed by atoms with Gasteiger partial charge in [0.15, 0.2) is 0 Å². The van der Waals surface area contributed by atoms with Gasteiger partial charge < -0.3 is 36.1 Å². The second-order valence-electron chi connectivity index (χ2n) is 14.1. The summed E-state index contributed by atoms with van der Waals surface area (Å²) >= 11 is 0. The van der Waals surface area contributed by atoms with Gasteiger partial charge in [-0.1, -0.05) is 19.9 Å². The quantitative estimate of drug-likeness (QED) is 0.195. The molecule has 3 unspecified atom stereocenters. The van der Waals surface area contributed by atoms with Gasteiger partial charge in [0, 0.05) is 31.2 Å². The van der Waals surface area contributed by atoms with Crippen molar-refractivity contribution in [2.24, 2.45) is 16.6 Å². The second kappa shape index (κ2) is 12.4. The van der Waals surface area contributed by atoms with Crippen LogP contribution in [0.15, 0.2) is 23.2 Å². The molecule has 3 fully saturated rings. The Morgan fingerprint density at radius 3 is 2.65 bits per heavy atom. The lowest BCUT2D eigenvalue weighted by Crippen LogP contribution is -2.59. The number of methoxy groups -OCH3 is 1. The number of nitrogens with zero attached hydrogens (tertiary/aromatic N) is 3. The molecule has 0 radical (unpaired) electrons. The fourth-order valence-corrected chi connectivity index (χ4v) is 7.65. The fraction of sp³-hybridized carbons (Fsp3) is 0.774. The van der Waals surface area contributed by atoms with E-state index in [4.69, 9.17) is 15.2 Å². The average Bonchev–Trinajstić information content (AvgIpc) is 3.63. The number of nitrogens with two attached hydrogens (primary N) is 1. The summed E-state index contributed by atoms with van der Waals surface area (Å²) in [6.07, 6.45) is 1.63. The fourth-order valence-electron chi connectivity index (χ4n) is 7.65. The van der Waals surface area contributed by atoms with Gasteiger partial charge >= 0.3 is 0 Å². The Balaban J connectivity index is 0.980. The molecular weight excluding hydrogens is 548 g/mol. The van der Waals surface area contributed by atoms with Crippen molar-refractivity contribution in [2.75, 3.05) is 44.2 Å². The van der Waals surface area contributed by atoms with E-state index < -0.39 is 24.5 Å². The molecule has 5 aliphatic rings. The summed E-state index contributed by atoms with van der Waals surface area (Å²) in [6, 6.07) is 7.29. The van der Waals surface area contributed by atoms with E-state index in [1.54, 1.807) is 7.11 Å². The predicted octanol–water partition coefficient (Wildman–Crippen LogP) is 0.965. The van der Waals surface area contributed by atoms with Gasteiger partial charge in [-0.15, -0.1) is 0 Å². The van der Waals surface area contributed by atoms with Crippen LogP contribution in [0.25, 0.3) is 0 Å². The molecule has 1 aromatic carbocycles. The van der Waals surface area contributed by atoms with Crippen molar-refractivity contribution in [3.8, 4) is 0 Å². The van der Waals surface area contributed by atoms with E-state index in [0.29, 0.717) is 50.3 Å². The molecule has 6 rings (SSSR count). The van der Waals surface area contributed by atoms with Gasteiger partial charge in [0.05, 0.1) is 49.7 Å². The number of amidine groups is 1. The first-order chi connectivity index (χ1) is 20.6. The number of anilines is 2.